The molecule has 2 aromatic rings. The Morgan fingerprint density at radius 3 is 2.38 bits per heavy atom. The zero-order chi connectivity index (χ0) is 23.7. The first-order valence-electron chi connectivity index (χ1n) is 9.20. The van der Waals surface area contributed by atoms with Crippen molar-refractivity contribution in [1.29, 1.82) is 0 Å². The van der Waals surface area contributed by atoms with Gasteiger partial charge in [0.05, 0.1) is 5.56 Å². The molecule has 0 unspecified atom stereocenters. The van der Waals surface area contributed by atoms with E-state index in [0.717, 1.165) is 12.8 Å². The molecule has 2 amide bonds. The third-order valence-electron chi connectivity index (χ3n) is 4.30. The van der Waals surface area contributed by atoms with Gasteiger partial charge in [0.1, 0.15) is 0 Å². The highest BCUT2D eigenvalue weighted by Crippen LogP contribution is 2.32. The number of halogens is 6. The average molecular weight is 462 g/mol. The maximum atomic E-state index is 13.4. The molecule has 0 bridgehead atoms. The van der Waals surface area contributed by atoms with Crippen LogP contribution in [0.3, 0.4) is 0 Å². The number of anilines is 1. The van der Waals surface area contributed by atoms with Gasteiger partial charge in [0.25, 0.3) is 11.8 Å². The highest BCUT2D eigenvalue weighted by atomic mass is 19.4. The van der Waals surface area contributed by atoms with Gasteiger partial charge in [-0.1, -0.05) is 6.07 Å². The molecule has 1 aromatic carbocycles. The molecule has 0 aliphatic heterocycles. The molecular formula is C19H16F6N4O3. The van der Waals surface area contributed by atoms with Crippen LogP contribution in [-0.2, 0) is 6.18 Å². The summed E-state index contributed by atoms with van der Waals surface area (Å²) in [6, 6.07) is 3.09. The maximum absolute atomic E-state index is 13.4. The van der Waals surface area contributed by atoms with Crippen molar-refractivity contribution in [2.45, 2.75) is 38.2 Å². The van der Waals surface area contributed by atoms with E-state index in [9.17, 15) is 35.9 Å². The van der Waals surface area contributed by atoms with E-state index in [1.165, 1.54) is 18.2 Å². The average Bonchev–Trinajstić information content (AvgIpc) is 3.50. The SMILES string of the molecule is Cc1ccc(NC(=O)c2cnc(OCC(F)(F)F)nc2C(F)(F)F)cc1C(=O)NC1CC1. The topological polar surface area (TPSA) is 93.2 Å². The minimum absolute atomic E-state index is 0.0343. The van der Waals surface area contributed by atoms with E-state index in [2.05, 4.69) is 25.3 Å². The Morgan fingerprint density at radius 1 is 1.09 bits per heavy atom. The second kappa shape index (κ2) is 8.63. The smallest absolute Gasteiger partial charge is 0.434 e. The number of benzene rings is 1. The lowest BCUT2D eigenvalue weighted by Gasteiger charge is -2.14. The summed E-state index contributed by atoms with van der Waals surface area (Å²) in [6.45, 7) is -0.242. The Labute approximate surface area is 177 Å². The molecule has 0 atom stereocenters. The summed E-state index contributed by atoms with van der Waals surface area (Å²) in [5.41, 5.74) is -1.93. The standard InChI is InChI=1S/C19H16F6N4O3/c1-9-2-3-11(6-12(9)15(30)27-10-4-5-10)28-16(31)13-7-26-17(32-8-18(20,21)22)29-14(13)19(23,24)25/h2-3,6-7,10H,4-5,8H2,1H3,(H,27,30)(H,28,31). The van der Waals surface area contributed by atoms with Crippen LogP contribution in [-0.4, -0.2) is 40.6 Å². The van der Waals surface area contributed by atoms with Gasteiger partial charge in [-0.2, -0.15) is 31.3 Å². The van der Waals surface area contributed by atoms with Crippen LogP contribution in [0.15, 0.2) is 24.4 Å². The molecule has 1 aliphatic rings. The first-order valence-corrected chi connectivity index (χ1v) is 9.20. The van der Waals surface area contributed by atoms with E-state index < -0.39 is 42.1 Å². The lowest BCUT2D eigenvalue weighted by atomic mass is 10.1. The highest BCUT2D eigenvalue weighted by Gasteiger charge is 2.39. The Balaban J connectivity index is 1.83. The van der Waals surface area contributed by atoms with Crippen molar-refractivity contribution in [3.05, 3.63) is 46.8 Å². The number of ether oxygens (including phenoxy) is 1. The molecule has 1 fully saturated rings. The van der Waals surface area contributed by atoms with Crippen LogP contribution in [0.2, 0.25) is 0 Å². The fraction of sp³-hybridized carbons (Fsp3) is 0.368. The predicted octanol–water partition coefficient (Wildman–Crippen LogP) is 3.89. The van der Waals surface area contributed by atoms with E-state index in [-0.39, 0.29) is 23.2 Å². The third-order valence-corrected chi connectivity index (χ3v) is 4.30. The summed E-state index contributed by atoms with van der Waals surface area (Å²) in [5.74, 6) is -1.65. The number of nitrogens with zero attached hydrogens (tertiary/aromatic N) is 2. The van der Waals surface area contributed by atoms with Gasteiger partial charge in [-0.15, -0.1) is 0 Å². The first-order chi connectivity index (χ1) is 14.8. The van der Waals surface area contributed by atoms with Crippen LogP contribution < -0.4 is 15.4 Å². The minimum Gasteiger partial charge on any atom is -0.454 e. The Bertz CT molecular complexity index is 1030. The number of rotatable bonds is 6. The molecule has 3 rings (SSSR count). The molecule has 0 saturated heterocycles. The van der Waals surface area contributed by atoms with E-state index in [4.69, 9.17) is 0 Å². The number of nitrogens with one attached hydrogen (secondary N) is 2. The minimum atomic E-state index is -5.17. The summed E-state index contributed by atoms with van der Waals surface area (Å²) in [6.07, 6.45) is -7.86. The largest absolute Gasteiger partial charge is 0.454 e. The van der Waals surface area contributed by atoms with E-state index >= 15 is 0 Å². The number of carbonyl (C=O) groups excluding carboxylic acids is 2. The number of aryl methyl sites for hydroxylation is 1. The molecule has 0 radical (unpaired) electrons. The van der Waals surface area contributed by atoms with E-state index in [1.54, 1.807) is 6.92 Å². The lowest BCUT2D eigenvalue weighted by Crippen LogP contribution is -2.26. The summed E-state index contributed by atoms with van der Waals surface area (Å²) in [4.78, 5) is 30.9. The zero-order valence-electron chi connectivity index (χ0n) is 16.4. The quantitative estimate of drug-likeness (QED) is 0.636. The third kappa shape index (κ3) is 6.08. The summed E-state index contributed by atoms with van der Waals surface area (Å²) < 4.78 is 80.8. The van der Waals surface area contributed by atoms with Crippen LogP contribution in [0.4, 0.5) is 32.0 Å². The molecule has 2 N–H and O–H groups in total. The summed E-state index contributed by atoms with van der Waals surface area (Å²) >= 11 is 0. The molecule has 1 aliphatic carbocycles. The zero-order valence-corrected chi connectivity index (χ0v) is 16.4. The van der Waals surface area contributed by atoms with Gasteiger partial charge in [-0.3, -0.25) is 9.59 Å². The molecule has 32 heavy (non-hydrogen) atoms. The number of alkyl halides is 6. The van der Waals surface area contributed by atoms with Crippen LogP contribution >= 0.6 is 0 Å². The number of aromatic nitrogens is 2. The van der Waals surface area contributed by atoms with Crippen molar-refractivity contribution in [2.75, 3.05) is 11.9 Å². The highest BCUT2D eigenvalue weighted by molar-refractivity contribution is 6.06. The number of hydrogen-bond acceptors (Lipinski definition) is 5. The summed E-state index contributed by atoms with van der Waals surface area (Å²) in [5, 5.41) is 4.98. The predicted molar refractivity (Wildman–Crippen MR) is 98.2 cm³/mol. The van der Waals surface area contributed by atoms with E-state index in [0.29, 0.717) is 11.8 Å². The van der Waals surface area contributed by atoms with Crippen LogP contribution in [0.1, 0.15) is 44.8 Å². The van der Waals surface area contributed by atoms with E-state index in [1.807, 2.05) is 0 Å². The number of hydrogen-bond donors (Lipinski definition) is 2. The van der Waals surface area contributed by atoms with Gasteiger partial charge < -0.3 is 15.4 Å². The molecular weight excluding hydrogens is 446 g/mol. The Kier molecular flexibility index (Phi) is 6.28. The maximum Gasteiger partial charge on any atom is 0.434 e. The van der Waals surface area contributed by atoms with Crippen LogP contribution in [0, 0.1) is 6.92 Å². The molecule has 13 heteroatoms. The van der Waals surface area contributed by atoms with Crippen molar-refractivity contribution >= 4 is 17.5 Å². The van der Waals surface area contributed by atoms with Crippen molar-refractivity contribution in [2.24, 2.45) is 0 Å². The van der Waals surface area contributed by atoms with Crippen molar-refractivity contribution in [1.82, 2.24) is 15.3 Å². The Morgan fingerprint density at radius 2 is 1.78 bits per heavy atom. The van der Waals surface area contributed by atoms with Crippen molar-refractivity contribution in [3.8, 4) is 6.01 Å². The van der Waals surface area contributed by atoms with Gasteiger partial charge in [0, 0.05) is 23.5 Å². The van der Waals surface area contributed by atoms with Crippen LogP contribution in [0.25, 0.3) is 0 Å². The second-order valence-corrected chi connectivity index (χ2v) is 7.05. The Hall–Kier alpha value is -3.38. The molecule has 1 heterocycles. The second-order valence-electron chi connectivity index (χ2n) is 7.05. The molecule has 7 nitrogen and oxygen atoms in total. The first kappa shape index (κ1) is 23.3. The van der Waals surface area contributed by atoms with Gasteiger partial charge in [-0.25, -0.2) is 4.98 Å². The lowest BCUT2D eigenvalue weighted by molar-refractivity contribution is -0.155. The fourth-order valence-corrected chi connectivity index (χ4v) is 2.60. The number of carbonyl (C=O) groups is 2. The van der Waals surface area contributed by atoms with Gasteiger partial charge in [0.2, 0.25) is 0 Å². The molecule has 0 spiro atoms. The molecule has 1 aromatic heterocycles. The summed E-state index contributed by atoms with van der Waals surface area (Å²) in [7, 11) is 0. The monoisotopic (exact) mass is 462 g/mol. The number of amides is 2. The van der Waals surface area contributed by atoms with Crippen molar-refractivity contribution < 1.29 is 40.7 Å². The van der Waals surface area contributed by atoms with Gasteiger partial charge >= 0.3 is 18.4 Å². The van der Waals surface area contributed by atoms with Crippen LogP contribution in [0.5, 0.6) is 6.01 Å². The molecule has 172 valence electrons. The van der Waals surface area contributed by atoms with Crippen molar-refractivity contribution in [3.63, 3.8) is 0 Å². The molecule has 1 saturated carbocycles. The van der Waals surface area contributed by atoms with Gasteiger partial charge in [-0.05, 0) is 37.5 Å². The van der Waals surface area contributed by atoms with Gasteiger partial charge in [0.15, 0.2) is 12.3 Å². The normalized spacial score (nSPS) is 14.1. The fourth-order valence-electron chi connectivity index (χ4n) is 2.60.